The third-order valence-corrected chi connectivity index (χ3v) is 4.13. The summed E-state index contributed by atoms with van der Waals surface area (Å²) in [6.45, 7) is 6.44. The summed E-state index contributed by atoms with van der Waals surface area (Å²) in [5, 5.41) is 0. The Hall–Kier alpha value is -2.07. The van der Waals surface area contributed by atoms with Gasteiger partial charge < -0.3 is 14.5 Å². The van der Waals surface area contributed by atoms with Gasteiger partial charge in [0.15, 0.2) is 0 Å². The van der Waals surface area contributed by atoms with Crippen LogP contribution < -0.4 is 9.64 Å². The zero-order chi connectivity index (χ0) is 15.4. The van der Waals surface area contributed by atoms with Crippen molar-refractivity contribution in [3.63, 3.8) is 0 Å². The zero-order valence-electron chi connectivity index (χ0n) is 13.3. The molecule has 2 heterocycles. The van der Waals surface area contributed by atoms with E-state index >= 15 is 0 Å². The molecule has 2 aromatic rings. The van der Waals surface area contributed by atoms with Crippen molar-refractivity contribution in [1.29, 1.82) is 0 Å². The molecule has 1 saturated heterocycles. The summed E-state index contributed by atoms with van der Waals surface area (Å²) < 4.78 is 6.00. The fourth-order valence-corrected chi connectivity index (χ4v) is 2.71. The van der Waals surface area contributed by atoms with Crippen molar-refractivity contribution in [1.82, 2.24) is 9.88 Å². The maximum absolute atomic E-state index is 6.00. The molecule has 1 aromatic carbocycles. The minimum Gasteiger partial charge on any atom is -0.439 e. The Bertz CT molecular complexity index is 621. The average Bonchev–Trinajstić information content (AvgIpc) is 2.56. The fourth-order valence-electron chi connectivity index (χ4n) is 2.71. The van der Waals surface area contributed by atoms with E-state index in [0.717, 1.165) is 43.9 Å². The molecule has 0 atom stereocenters. The Morgan fingerprint density at radius 1 is 1.09 bits per heavy atom. The topological polar surface area (TPSA) is 28.6 Å². The second kappa shape index (κ2) is 6.79. The molecule has 4 heteroatoms. The van der Waals surface area contributed by atoms with Gasteiger partial charge in [0.2, 0.25) is 5.88 Å². The summed E-state index contributed by atoms with van der Waals surface area (Å²) in [7, 11) is 2.17. The van der Waals surface area contributed by atoms with Gasteiger partial charge in [0.1, 0.15) is 5.75 Å². The molecule has 0 saturated carbocycles. The number of piperazine rings is 1. The Labute approximate surface area is 132 Å². The smallest absolute Gasteiger partial charge is 0.222 e. The third-order valence-electron chi connectivity index (χ3n) is 4.13. The summed E-state index contributed by atoms with van der Waals surface area (Å²) in [4.78, 5) is 9.12. The van der Waals surface area contributed by atoms with Crippen LogP contribution in [0.1, 0.15) is 12.5 Å². The summed E-state index contributed by atoms with van der Waals surface area (Å²) in [5.74, 6) is 1.56. The van der Waals surface area contributed by atoms with E-state index in [2.05, 4.69) is 53.0 Å². The third kappa shape index (κ3) is 3.39. The Kier molecular flexibility index (Phi) is 4.59. The van der Waals surface area contributed by atoms with E-state index in [0.29, 0.717) is 5.88 Å². The van der Waals surface area contributed by atoms with Crippen LogP contribution in [0, 0.1) is 0 Å². The maximum atomic E-state index is 6.00. The summed E-state index contributed by atoms with van der Waals surface area (Å²) >= 11 is 0. The van der Waals surface area contributed by atoms with Crippen molar-refractivity contribution in [2.75, 3.05) is 38.1 Å². The number of anilines is 1. The monoisotopic (exact) mass is 297 g/mol. The molecule has 0 unspecified atom stereocenters. The molecule has 1 aromatic heterocycles. The molecule has 0 N–H and O–H groups in total. The van der Waals surface area contributed by atoms with Gasteiger partial charge in [0.05, 0.1) is 0 Å². The van der Waals surface area contributed by atoms with Gasteiger partial charge in [0, 0.05) is 49.7 Å². The number of hydrogen-bond donors (Lipinski definition) is 0. The van der Waals surface area contributed by atoms with Crippen LogP contribution in [0.3, 0.4) is 0 Å². The first-order valence-corrected chi connectivity index (χ1v) is 7.91. The highest BCUT2D eigenvalue weighted by Gasteiger charge is 2.15. The minimum atomic E-state index is 0.709. The number of pyridine rings is 1. The van der Waals surface area contributed by atoms with Gasteiger partial charge in [-0.2, -0.15) is 0 Å². The van der Waals surface area contributed by atoms with E-state index in [-0.39, 0.29) is 0 Å². The number of rotatable bonds is 4. The first-order valence-electron chi connectivity index (χ1n) is 7.91. The predicted molar refractivity (Wildman–Crippen MR) is 89.8 cm³/mol. The van der Waals surface area contributed by atoms with Crippen molar-refractivity contribution in [2.24, 2.45) is 0 Å². The lowest BCUT2D eigenvalue weighted by Gasteiger charge is -2.34. The van der Waals surface area contributed by atoms with Crippen LogP contribution in [0.2, 0.25) is 0 Å². The van der Waals surface area contributed by atoms with Gasteiger partial charge in [-0.1, -0.05) is 19.1 Å². The molecule has 0 bridgehead atoms. The normalized spacial score (nSPS) is 15.8. The molecule has 0 radical (unpaired) electrons. The maximum Gasteiger partial charge on any atom is 0.222 e. The fraction of sp³-hybridized carbons (Fsp3) is 0.389. The molecule has 0 amide bonds. The highest BCUT2D eigenvalue weighted by atomic mass is 16.5. The molecular weight excluding hydrogens is 274 g/mol. The van der Waals surface area contributed by atoms with Gasteiger partial charge in [-0.15, -0.1) is 0 Å². The molecule has 22 heavy (non-hydrogen) atoms. The molecule has 1 fully saturated rings. The van der Waals surface area contributed by atoms with E-state index in [1.807, 2.05) is 12.1 Å². The second-order valence-corrected chi connectivity index (χ2v) is 5.71. The van der Waals surface area contributed by atoms with Gasteiger partial charge in [0.25, 0.3) is 0 Å². The van der Waals surface area contributed by atoms with Gasteiger partial charge in [-0.05, 0) is 31.7 Å². The van der Waals surface area contributed by atoms with Crippen molar-refractivity contribution in [3.05, 3.63) is 48.2 Å². The highest BCUT2D eigenvalue weighted by molar-refractivity contribution is 5.52. The van der Waals surface area contributed by atoms with Crippen LogP contribution in [0.25, 0.3) is 0 Å². The zero-order valence-corrected chi connectivity index (χ0v) is 13.3. The number of aromatic nitrogens is 1. The predicted octanol–water partition coefficient (Wildman–Crippen LogP) is 3.19. The number of nitrogens with zero attached hydrogens (tertiary/aromatic N) is 3. The standard InChI is InChI=1S/C18H23N3O/c1-3-15-6-5-9-19-18(15)22-17-8-4-7-16(14-17)21-12-10-20(2)11-13-21/h4-9,14H,3,10-13H2,1-2H3. The molecule has 116 valence electrons. The summed E-state index contributed by atoms with van der Waals surface area (Å²) in [5.41, 5.74) is 2.35. The second-order valence-electron chi connectivity index (χ2n) is 5.71. The van der Waals surface area contributed by atoms with Crippen molar-refractivity contribution >= 4 is 5.69 Å². The van der Waals surface area contributed by atoms with Gasteiger partial charge >= 0.3 is 0 Å². The summed E-state index contributed by atoms with van der Waals surface area (Å²) in [6, 6.07) is 12.3. The first-order chi connectivity index (χ1) is 10.8. The van der Waals surface area contributed by atoms with E-state index in [4.69, 9.17) is 4.74 Å². The number of ether oxygens (including phenoxy) is 1. The van der Waals surface area contributed by atoms with E-state index in [9.17, 15) is 0 Å². The van der Waals surface area contributed by atoms with Crippen LogP contribution in [-0.2, 0) is 6.42 Å². The van der Waals surface area contributed by atoms with Crippen LogP contribution in [0.4, 0.5) is 5.69 Å². The number of likely N-dealkylation sites (N-methyl/N-ethyl adjacent to an activating group) is 1. The van der Waals surface area contributed by atoms with Crippen molar-refractivity contribution in [2.45, 2.75) is 13.3 Å². The van der Waals surface area contributed by atoms with Crippen molar-refractivity contribution < 1.29 is 4.74 Å². The van der Waals surface area contributed by atoms with Crippen LogP contribution in [0.15, 0.2) is 42.6 Å². The lowest BCUT2D eigenvalue weighted by atomic mass is 10.2. The number of benzene rings is 1. The minimum absolute atomic E-state index is 0.709. The van der Waals surface area contributed by atoms with E-state index in [1.54, 1.807) is 6.20 Å². The average molecular weight is 297 g/mol. The van der Waals surface area contributed by atoms with Crippen LogP contribution in [0.5, 0.6) is 11.6 Å². The molecule has 3 rings (SSSR count). The number of hydrogen-bond acceptors (Lipinski definition) is 4. The molecule has 1 aliphatic rings. The largest absolute Gasteiger partial charge is 0.439 e. The lowest BCUT2D eigenvalue weighted by Crippen LogP contribution is -2.44. The molecule has 4 nitrogen and oxygen atoms in total. The van der Waals surface area contributed by atoms with Gasteiger partial charge in [-0.3, -0.25) is 0 Å². The molecular formula is C18H23N3O. The Balaban J connectivity index is 1.76. The SMILES string of the molecule is CCc1cccnc1Oc1cccc(N2CCN(C)CC2)c1. The van der Waals surface area contributed by atoms with Crippen molar-refractivity contribution in [3.8, 4) is 11.6 Å². The number of aryl methyl sites for hydroxylation is 1. The quantitative estimate of drug-likeness (QED) is 0.866. The van der Waals surface area contributed by atoms with E-state index in [1.165, 1.54) is 5.69 Å². The first kappa shape index (κ1) is 14.9. The Morgan fingerprint density at radius 3 is 2.68 bits per heavy atom. The molecule has 1 aliphatic heterocycles. The molecule has 0 spiro atoms. The lowest BCUT2D eigenvalue weighted by molar-refractivity contribution is 0.312. The van der Waals surface area contributed by atoms with Gasteiger partial charge in [-0.25, -0.2) is 4.98 Å². The molecule has 0 aliphatic carbocycles. The van der Waals surface area contributed by atoms with E-state index < -0.39 is 0 Å². The van der Waals surface area contributed by atoms with Crippen LogP contribution >= 0.6 is 0 Å². The summed E-state index contributed by atoms with van der Waals surface area (Å²) in [6.07, 6.45) is 2.69. The highest BCUT2D eigenvalue weighted by Crippen LogP contribution is 2.27. The van der Waals surface area contributed by atoms with Crippen LogP contribution in [-0.4, -0.2) is 43.1 Å². The Morgan fingerprint density at radius 2 is 1.91 bits per heavy atom.